The molecule has 1 aromatic heterocycles. The molecule has 0 saturated carbocycles. The van der Waals surface area contributed by atoms with Crippen molar-refractivity contribution in [3.63, 3.8) is 0 Å². The fourth-order valence-corrected chi connectivity index (χ4v) is 2.88. The van der Waals surface area contributed by atoms with Gasteiger partial charge in [-0.05, 0) is 39.0 Å². The minimum atomic E-state index is -0.759. The molecule has 2 rings (SSSR count). The topological polar surface area (TPSA) is 94.7 Å². The van der Waals surface area contributed by atoms with Crippen molar-refractivity contribution < 1.29 is 28.6 Å². The zero-order chi connectivity index (χ0) is 20.1. The number of esters is 2. The highest BCUT2D eigenvalue weighted by Gasteiger charge is 2.26. The van der Waals surface area contributed by atoms with Crippen LogP contribution < -0.4 is 4.74 Å². The predicted molar refractivity (Wildman–Crippen MR) is 98.8 cm³/mol. The van der Waals surface area contributed by atoms with Gasteiger partial charge in [-0.15, -0.1) is 0 Å². The molecule has 8 heteroatoms. The molecule has 0 amide bonds. The largest absolute Gasteiger partial charge is 0.496 e. The molecular formula is C19H20ClNO6. The summed E-state index contributed by atoms with van der Waals surface area (Å²) in [5, 5.41) is 0.329. The van der Waals surface area contributed by atoms with Crippen molar-refractivity contribution in [2.45, 2.75) is 20.8 Å². The van der Waals surface area contributed by atoms with E-state index in [1.807, 2.05) is 0 Å². The smallest absolute Gasteiger partial charge is 0.342 e. The number of carbonyl (C=O) groups is 3. The normalized spacial score (nSPS) is 10.4. The molecule has 144 valence electrons. The molecule has 27 heavy (non-hydrogen) atoms. The van der Waals surface area contributed by atoms with Gasteiger partial charge in [-0.2, -0.15) is 0 Å². The van der Waals surface area contributed by atoms with Crippen LogP contribution in [-0.4, -0.2) is 43.0 Å². The zero-order valence-corrected chi connectivity index (χ0v) is 16.2. The monoisotopic (exact) mass is 393 g/mol. The highest BCUT2D eigenvalue weighted by Crippen LogP contribution is 2.24. The van der Waals surface area contributed by atoms with E-state index in [1.54, 1.807) is 26.8 Å². The van der Waals surface area contributed by atoms with Crippen LogP contribution in [0.5, 0.6) is 5.75 Å². The lowest BCUT2D eigenvalue weighted by Gasteiger charge is -2.09. The lowest BCUT2D eigenvalue weighted by Crippen LogP contribution is -2.18. The van der Waals surface area contributed by atoms with E-state index in [0.717, 1.165) is 0 Å². The van der Waals surface area contributed by atoms with Gasteiger partial charge < -0.3 is 19.2 Å². The maximum absolute atomic E-state index is 12.6. The molecule has 0 aliphatic rings. The predicted octanol–water partition coefficient (Wildman–Crippen LogP) is 3.51. The summed E-state index contributed by atoms with van der Waals surface area (Å²) in [6, 6.07) is 4.49. The third-order valence-electron chi connectivity index (χ3n) is 3.85. The van der Waals surface area contributed by atoms with Gasteiger partial charge >= 0.3 is 11.9 Å². The Morgan fingerprint density at radius 2 is 1.70 bits per heavy atom. The fourth-order valence-electron chi connectivity index (χ4n) is 2.71. The molecule has 0 aliphatic carbocycles. The number of hydrogen-bond donors (Lipinski definition) is 1. The molecule has 2 aromatic rings. The number of methoxy groups -OCH3 is 1. The standard InChI is InChI=1S/C19H20ClNO6/c1-5-26-19(24)17-11(3)21-10(2)16(17)14(22)9-27-18(23)13-8-12(20)6-7-15(13)25-4/h6-8,21H,5,9H2,1-4H3. The zero-order valence-electron chi connectivity index (χ0n) is 15.5. The SMILES string of the molecule is CCOC(=O)c1c(C)[nH]c(C)c1C(=O)COC(=O)c1cc(Cl)ccc1OC. The number of aromatic amines is 1. The Morgan fingerprint density at radius 1 is 1.04 bits per heavy atom. The Bertz CT molecular complexity index is 887. The highest BCUT2D eigenvalue weighted by molar-refractivity contribution is 6.31. The Morgan fingerprint density at radius 3 is 2.33 bits per heavy atom. The summed E-state index contributed by atoms with van der Waals surface area (Å²) in [5.41, 5.74) is 1.41. The Hall–Kier alpha value is -2.80. The van der Waals surface area contributed by atoms with Crippen LogP contribution in [-0.2, 0) is 9.47 Å². The third-order valence-corrected chi connectivity index (χ3v) is 4.08. The molecule has 0 radical (unpaired) electrons. The van der Waals surface area contributed by atoms with Gasteiger partial charge in [-0.25, -0.2) is 9.59 Å². The maximum atomic E-state index is 12.6. The number of Topliss-reactive ketones (excluding diaryl/α,β-unsaturated/α-hetero) is 1. The van der Waals surface area contributed by atoms with E-state index < -0.39 is 24.3 Å². The first-order chi connectivity index (χ1) is 12.8. The number of H-pyrrole nitrogens is 1. The molecule has 0 bridgehead atoms. The lowest BCUT2D eigenvalue weighted by molar-refractivity contribution is 0.0469. The number of ketones is 1. The number of rotatable bonds is 7. The second kappa shape index (κ2) is 8.73. The molecule has 7 nitrogen and oxygen atoms in total. The number of benzene rings is 1. The summed E-state index contributed by atoms with van der Waals surface area (Å²) >= 11 is 5.90. The third kappa shape index (κ3) is 4.49. The minimum Gasteiger partial charge on any atom is -0.496 e. The summed E-state index contributed by atoms with van der Waals surface area (Å²) in [6.07, 6.45) is 0. The van der Waals surface area contributed by atoms with Crippen LogP contribution in [0.1, 0.15) is 49.4 Å². The van der Waals surface area contributed by atoms with Gasteiger partial charge in [0.25, 0.3) is 0 Å². The number of hydrogen-bond acceptors (Lipinski definition) is 6. The van der Waals surface area contributed by atoms with Gasteiger partial charge in [0.2, 0.25) is 5.78 Å². The molecule has 0 unspecified atom stereocenters. The summed E-state index contributed by atoms with van der Waals surface area (Å²) in [4.78, 5) is 40.0. The molecule has 1 aromatic carbocycles. The maximum Gasteiger partial charge on any atom is 0.342 e. The molecule has 1 heterocycles. The van der Waals surface area contributed by atoms with Gasteiger partial charge in [-0.1, -0.05) is 11.6 Å². The average molecular weight is 394 g/mol. The van der Waals surface area contributed by atoms with Crippen LogP contribution in [0.2, 0.25) is 5.02 Å². The van der Waals surface area contributed by atoms with Gasteiger partial charge in [0.05, 0.1) is 24.8 Å². The number of aryl methyl sites for hydroxylation is 2. The van der Waals surface area contributed by atoms with E-state index in [4.69, 9.17) is 25.8 Å². The van der Waals surface area contributed by atoms with Crippen molar-refractivity contribution in [2.24, 2.45) is 0 Å². The van der Waals surface area contributed by atoms with Crippen molar-refractivity contribution in [2.75, 3.05) is 20.3 Å². The van der Waals surface area contributed by atoms with Crippen LogP contribution in [0.25, 0.3) is 0 Å². The van der Waals surface area contributed by atoms with Crippen molar-refractivity contribution in [3.8, 4) is 5.75 Å². The molecule has 0 atom stereocenters. The van der Waals surface area contributed by atoms with Gasteiger partial charge in [-0.3, -0.25) is 4.79 Å². The van der Waals surface area contributed by atoms with Crippen LogP contribution in [0, 0.1) is 13.8 Å². The Balaban J connectivity index is 2.21. The second-order valence-electron chi connectivity index (χ2n) is 5.69. The van der Waals surface area contributed by atoms with Crippen molar-refractivity contribution >= 4 is 29.3 Å². The summed E-state index contributed by atoms with van der Waals surface area (Å²) in [7, 11) is 1.41. The van der Waals surface area contributed by atoms with Crippen LogP contribution >= 0.6 is 11.6 Å². The molecule has 0 saturated heterocycles. The fraction of sp³-hybridized carbons (Fsp3) is 0.316. The van der Waals surface area contributed by atoms with Crippen LogP contribution in [0.4, 0.5) is 0 Å². The summed E-state index contributed by atoms with van der Waals surface area (Å²) < 4.78 is 15.2. The highest BCUT2D eigenvalue weighted by atomic mass is 35.5. The summed E-state index contributed by atoms with van der Waals surface area (Å²) in [6.45, 7) is 4.64. The molecule has 0 aliphatic heterocycles. The number of nitrogens with one attached hydrogen (secondary N) is 1. The van der Waals surface area contributed by atoms with Gasteiger partial charge in [0, 0.05) is 16.4 Å². The number of halogens is 1. The molecule has 0 fully saturated rings. The van der Waals surface area contributed by atoms with Crippen molar-refractivity contribution in [1.82, 2.24) is 4.98 Å². The average Bonchev–Trinajstić information content (AvgIpc) is 2.93. The summed E-state index contributed by atoms with van der Waals surface area (Å²) in [5.74, 6) is -1.61. The van der Waals surface area contributed by atoms with E-state index in [2.05, 4.69) is 4.98 Å². The Labute approximate surface area is 161 Å². The minimum absolute atomic E-state index is 0.102. The number of ether oxygens (including phenoxy) is 3. The van der Waals surface area contributed by atoms with Crippen molar-refractivity contribution in [1.29, 1.82) is 0 Å². The first kappa shape index (κ1) is 20.5. The van der Waals surface area contributed by atoms with Crippen LogP contribution in [0.3, 0.4) is 0 Å². The van der Waals surface area contributed by atoms with Gasteiger partial charge in [0.1, 0.15) is 11.3 Å². The molecule has 0 spiro atoms. The first-order valence-corrected chi connectivity index (χ1v) is 8.58. The van der Waals surface area contributed by atoms with Crippen LogP contribution in [0.15, 0.2) is 18.2 Å². The van der Waals surface area contributed by atoms with Crippen molar-refractivity contribution in [3.05, 3.63) is 51.3 Å². The van der Waals surface area contributed by atoms with E-state index in [0.29, 0.717) is 16.4 Å². The number of aromatic nitrogens is 1. The Kier molecular flexibility index (Phi) is 6.63. The molecular weight excluding hydrogens is 374 g/mol. The lowest BCUT2D eigenvalue weighted by atomic mass is 10.1. The number of carbonyl (C=O) groups excluding carboxylic acids is 3. The van der Waals surface area contributed by atoms with E-state index in [1.165, 1.54) is 19.2 Å². The van der Waals surface area contributed by atoms with Gasteiger partial charge in [0.15, 0.2) is 6.61 Å². The van der Waals surface area contributed by atoms with E-state index >= 15 is 0 Å². The van der Waals surface area contributed by atoms with E-state index in [-0.39, 0.29) is 29.0 Å². The molecule has 1 N–H and O–H groups in total. The second-order valence-corrected chi connectivity index (χ2v) is 6.13. The van der Waals surface area contributed by atoms with E-state index in [9.17, 15) is 14.4 Å². The quantitative estimate of drug-likeness (QED) is 0.571. The first-order valence-electron chi connectivity index (χ1n) is 8.20.